The van der Waals surface area contributed by atoms with Crippen molar-refractivity contribution in [3.63, 3.8) is 0 Å². The Morgan fingerprint density at radius 1 is 1.35 bits per heavy atom. The van der Waals surface area contributed by atoms with Gasteiger partial charge in [-0.15, -0.1) is 0 Å². The van der Waals surface area contributed by atoms with Crippen LogP contribution in [0.4, 0.5) is 0 Å². The van der Waals surface area contributed by atoms with Crippen molar-refractivity contribution in [2.24, 2.45) is 0 Å². The number of carbonyl (C=O) groups is 1. The Morgan fingerprint density at radius 2 is 2.00 bits per heavy atom. The van der Waals surface area contributed by atoms with E-state index in [1.54, 1.807) is 0 Å². The number of halogens is 1. The fourth-order valence-corrected chi connectivity index (χ4v) is 2.71. The number of aryl methyl sites for hydroxylation is 1. The van der Waals surface area contributed by atoms with E-state index in [2.05, 4.69) is 21.2 Å². The average Bonchev–Trinajstić information content (AvgIpc) is 2.48. The van der Waals surface area contributed by atoms with Gasteiger partial charge < -0.3 is 15.0 Å². The molecule has 0 spiro atoms. The fourth-order valence-electron chi connectivity index (χ4n) is 2.27. The number of nitrogens with one attached hydrogen (secondary N) is 2. The summed E-state index contributed by atoms with van der Waals surface area (Å²) in [6, 6.07) is 7.92. The molecule has 1 aliphatic heterocycles. The van der Waals surface area contributed by atoms with Crippen molar-refractivity contribution in [1.82, 2.24) is 5.32 Å². The maximum Gasteiger partial charge on any atom is 0.324 e. The number of hydrogen-bond acceptors (Lipinski definition) is 3. The molecular weight excluding hydrogens is 320 g/mol. The second kappa shape index (κ2) is 7.76. The Labute approximate surface area is 128 Å². The van der Waals surface area contributed by atoms with Crippen molar-refractivity contribution in [1.29, 1.82) is 0 Å². The van der Waals surface area contributed by atoms with Gasteiger partial charge in [0.25, 0.3) is 0 Å². The second-order valence-electron chi connectivity index (χ2n) is 5.19. The third-order valence-electron chi connectivity index (χ3n) is 3.59. The van der Waals surface area contributed by atoms with Crippen LogP contribution in [0.5, 0.6) is 0 Å². The van der Waals surface area contributed by atoms with Gasteiger partial charge in [0.2, 0.25) is 0 Å². The summed E-state index contributed by atoms with van der Waals surface area (Å²) in [7, 11) is 0. The molecule has 0 aromatic heterocycles. The summed E-state index contributed by atoms with van der Waals surface area (Å²) in [5, 5.41) is 3.32. The van der Waals surface area contributed by atoms with Gasteiger partial charge in [-0.3, -0.25) is 4.79 Å². The highest BCUT2D eigenvalue weighted by Crippen LogP contribution is 2.24. The van der Waals surface area contributed by atoms with Crippen molar-refractivity contribution in [2.75, 3.05) is 39.3 Å². The van der Waals surface area contributed by atoms with Gasteiger partial charge in [-0.05, 0) is 12.5 Å². The van der Waals surface area contributed by atoms with Gasteiger partial charge in [-0.2, -0.15) is 0 Å². The van der Waals surface area contributed by atoms with Crippen LogP contribution in [0.2, 0.25) is 0 Å². The van der Waals surface area contributed by atoms with Crippen molar-refractivity contribution >= 4 is 21.9 Å². The van der Waals surface area contributed by atoms with E-state index < -0.39 is 0 Å². The van der Waals surface area contributed by atoms with E-state index in [4.69, 9.17) is 4.74 Å². The minimum atomic E-state index is -0.374. The summed E-state index contributed by atoms with van der Waals surface area (Å²) in [5.41, 5.74) is 2.12. The van der Waals surface area contributed by atoms with E-state index >= 15 is 0 Å². The molecule has 1 atom stereocenters. The molecule has 1 fully saturated rings. The summed E-state index contributed by atoms with van der Waals surface area (Å²) in [5.74, 6) is -0.205. The number of carbonyl (C=O) groups excluding carboxylic acids is 1. The number of esters is 1. The first-order valence-corrected chi connectivity index (χ1v) is 8.00. The molecule has 0 bridgehead atoms. The Morgan fingerprint density at radius 3 is 2.65 bits per heavy atom. The predicted octanol–water partition coefficient (Wildman–Crippen LogP) is 0.462. The molecule has 0 saturated carbocycles. The molecule has 1 aromatic rings. The van der Waals surface area contributed by atoms with E-state index in [-0.39, 0.29) is 10.8 Å². The van der Waals surface area contributed by atoms with Gasteiger partial charge >= 0.3 is 5.97 Å². The largest absolute Gasteiger partial charge is 0.459 e. The van der Waals surface area contributed by atoms with E-state index in [1.165, 1.54) is 10.5 Å². The lowest BCUT2D eigenvalue weighted by atomic mass is 10.1. The Hall–Kier alpha value is -0.910. The highest BCUT2D eigenvalue weighted by Gasteiger charge is 2.20. The van der Waals surface area contributed by atoms with Crippen molar-refractivity contribution in [3.8, 4) is 0 Å². The van der Waals surface area contributed by atoms with E-state index in [0.717, 1.165) is 38.3 Å². The number of piperazine rings is 1. The number of ether oxygens (including phenoxy) is 1. The molecule has 1 saturated heterocycles. The first-order chi connectivity index (χ1) is 9.66. The molecule has 4 nitrogen and oxygen atoms in total. The van der Waals surface area contributed by atoms with Crippen molar-refractivity contribution in [3.05, 3.63) is 35.4 Å². The normalized spacial score (nSPS) is 17.7. The lowest BCUT2D eigenvalue weighted by molar-refractivity contribution is -0.902. The monoisotopic (exact) mass is 341 g/mol. The average molecular weight is 342 g/mol. The zero-order valence-corrected chi connectivity index (χ0v) is 13.4. The summed E-state index contributed by atoms with van der Waals surface area (Å²) in [4.78, 5) is 13.1. The molecule has 1 heterocycles. The lowest BCUT2D eigenvalue weighted by Gasteiger charge is -2.24. The van der Waals surface area contributed by atoms with Crippen LogP contribution in [0.15, 0.2) is 24.3 Å². The van der Waals surface area contributed by atoms with Crippen molar-refractivity contribution in [2.45, 2.75) is 11.8 Å². The molecule has 0 aliphatic carbocycles. The molecule has 2 N–H and O–H groups in total. The molecule has 2 rings (SSSR count). The van der Waals surface area contributed by atoms with Gasteiger partial charge in [0.15, 0.2) is 0 Å². The van der Waals surface area contributed by atoms with Gasteiger partial charge in [-0.1, -0.05) is 45.8 Å². The zero-order valence-electron chi connectivity index (χ0n) is 11.8. The number of alkyl halides is 1. The fraction of sp³-hybridized carbons (Fsp3) is 0.533. The van der Waals surface area contributed by atoms with Crippen LogP contribution in [-0.4, -0.2) is 45.3 Å². The summed E-state index contributed by atoms with van der Waals surface area (Å²) >= 11 is 3.41. The summed E-state index contributed by atoms with van der Waals surface area (Å²) in [6.45, 7) is 7.71. The van der Waals surface area contributed by atoms with Crippen LogP contribution in [-0.2, 0) is 9.53 Å². The number of benzene rings is 1. The molecule has 1 aromatic carbocycles. The second-order valence-corrected chi connectivity index (χ2v) is 6.11. The Kier molecular flexibility index (Phi) is 6.01. The highest BCUT2D eigenvalue weighted by molar-refractivity contribution is 9.09. The van der Waals surface area contributed by atoms with E-state index in [9.17, 15) is 4.79 Å². The zero-order chi connectivity index (χ0) is 14.4. The SMILES string of the molecule is Cc1ccc(C(Br)C(=O)OCC[NH+]2CCNCC2)cc1. The van der Waals surface area contributed by atoms with Gasteiger partial charge in [0.1, 0.15) is 18.0 Å². The van der Waals surface area contributed by atoms with Crippen LogP contribution in [0.1, 0.15) is 16.0 Å². The maximum atomic E-state index is 12.0. The minimum Gasteiger partial charge on any atom is -0.459 e. The number of quaternary nitrogens is 1. The Balaban J connectivity index is 1.74. The first-order valence-electron chi connectivity index (χ1n) is 7.08. The van der Waals surface area contributed by atoms with E-state index in [0.29, 0.717) is 6.61 Å². The van der Waals surface area contributed by atoms with Gasteiger partial charge in [0, 0.05) is 13.1 Å². The van der Waals surface area contributed by atoms with Crippen molar-refractivity contribution < 1.29 is 14.4 Å². The summed E-state index contributed by atoms with van der Waals surface area (Å²) < 4.78 is 5.36. The molecule has 1 unspecified atom stereocenters. The molecule has 1 aliphatic rings. The van der Waals surface area contributed by atoms with Gasteiger partial charge in [0.05, 0.1) is 13.1 Å². The van der Waals surface area contributed by atoms with Crippen LogP contribution >= 0.6 is 15.9 Å². The standard InChI is InChI=1S/C15H21BrN2O2/c1-12-2-4-13(5-3-12)14(16)15(19)20-11-10-18-8-6-17-7-9-18/h2-5,14,17H,6-11H2,1H3/p+1. The molecule has 20 heavy (non-hydrogen) atoms. The maximum absolute atomic E-state index is 12.0. The molecule has 0 radical (unpaired) electrons. The van der Waals surface area contributed by atoms with Crippen LogP contribution in [0, 0.1) is 6.92 Å². The minimum absolute atomic E-state index is 0.205. The molecular formula is C15H22BrN2O2+. The summed E-state index contributed by atoms with van der Waals surface area (Å²) in [6.07, 6.45) is 0. The molecule has 0 amide bonds. The van der Waals surface area contributed by atoms with E-state index in [1.807, 2.05) is 31.2 Å². The first kappa shape index (κ1) is 15.5. The lowest BCUT2D eigenvalue weighted by Crippen LogP contribution is -3.15. The Bertz CT molecular complexity index is 430. The molecule has 110 valence electrons. The van der Waals surface area contributed by atoms with Crippen LogP contribution < -0.4 is 10.2 Å². The molecule has 5 heteroatoms. The number of rotatable bonds is 5. The third-order valence-corrected chi connectivity index (χ3v) is 4.49. The van der Waals surface area contributed by atoms with Crippen LogP contribution in [0.3, 0.4) is 0 Å². The smallest absolute Gasteiger partial charge is 0.324 e. The third kappa shape index (κ3) is 4.58. The van der Waals surface area contributed by atoms with Crippen LogP contribution in [0.25, 0.3) is 0 Å². The quantitative estimate of drug-likeness (QED) is 0.604. The predicted molar refractivity (Wildman–Crippen MR) is 82.2 cm³/mol. The van der Waals surface area contributed by atoms with Gasteiger partial charge in [-0.25, -0.2) is 0 Å². The number of hydrogen-bond donors (Lipinski definition) is 2. The highest BCUT2D eigenvalue weighted by atomic mass is 79.9. The topological polar surface area (TPSA) is 42.8 Å².